The molecule has 2 aromatic rings. The maximum Gasteiger partial charge on any atom is 0.119 e. The van der Waals surface area contributed by atoms with Gasteiger partial charge in [0.25, 0.3) is 0 Å². The third-order valence-electron chi connectivity index (χ3n) is 2.95. The largest absolute Gasteiger partial charge is 0.493 e. The van der Waals surface area contributed by atoms with Crippen molar-refractivity contribution in [1.29, 1.82) is 0 Å². The van der Waals surface area contributed by atoms with Gasteiger partial charge in [-0.3, -0.25) is 0 Å². The second-order valence-electron chi connectivity index (χ2n) is 4.33. The van der Waals surface area contributed by atoms with Crippen LogP contribution < -0.4 is 4.74 Å². The molecule has 0 aliphatic rings. The Balaban J connectivity index is 2.13. The molecule has 0 saturated heterocycles. The Kier molecular flexibility index (Phi) is 3.45. The summed E-state index contributed by atoms with van der Waals surface area (Å²) < 4.78 is 5.77. The van der Waals surface area contributed by atoms with E-state index in [4.69, 9.17) is 4.74 Å². The Bertz CT molecular complexity index is 462. The van der Waals surface area contributed by atoms with E-state index in [0.29, 0.717) is 5.92 Å². The second kappa shape index (κ2) is 5.02. The lowest BCUT2D eigenvalue weighted by Crippen LogP contribution is -2.06. The summed E-state index contributed by atoms with van der Waals surface area (Å²) in [5.41, 5.74) is 0. The normalized spacial score (nSPS) is 12.6. The van der Waals surface area contributed by atoms with Gasteiger partial charge in [0.15, 0.2) is 0 Å². The van der Waals surface area contributed by atoms with Gasteiger partial charge in [0.05, 0.1) is 6.61 Å². The number of hydrogen-bond acceptors (Lipinski definition) is 1. The van der Waals surface area contributed by atoms with E-state index in [0.717, 1.165) is 18.8 Å². The standard InChI is InChI=1S/C15H18O/c1-3-12(2)11-16-15-9-8-13-6-4-5-7-14(13)10-15/h4-10,12H,3,11H2,1-2H3. The van der Waals surface area contributed by atoms with Gasteiger partial charge in [0, 0.05) is 0 Å². The summed E-state index contributed by atoms with van der Waals surface area (Å²) in [7, 11) is 0. The lowest BCUT2D eigenvalue weighted by molar-refractivity contribution is 0.257. The fourth-order valence-electron chi connectivity index (χ4n) is 1.61. The van der Waals surface area contributed by atoms with Crippen LogP contribution in [0.5, 0.6) is 5.75 Å². The molecule has 1 unspecified atom stereocenters. The molecule has 0 N–H and O–H groups in total. The molecule has 1 nitrogen and oxygen atoms in total. The molecule has 0 heterocycles. The van der Waals surface area contributed by atoms with Gasteiger partial charge in [-0.25, -0.2) is 0 Å². The van der Waals surface area contributed by atoms with Crippen molar-refractivity contribution in [3.05, 3.63) is 42.5 Å². The van der Waals surface area contributed by atoms with Gasteiger partial charge in [0.1, 0.15) is 5.75 Å². The van der Waals surface area contributed by atoms with Crippen LogP contribution in [-0.4, -0.2) is 6.61 Å². The van der Waals surface area contributed by atoms with Gasteiger partial charge in [-0.1, -0.05) is 50.6 Å². The molecule has 0 radical (unpaired) electrons. The third kappa shape index (κ3) is 2.54. The van der Waals surface area contributed by atoms with Crippen LogP contribution in [0.3, 0.4) is 0 Å². The van der Waals surface area contributed by atoms with Gasteiger partial charge < -0.3 is 4.74 Å². The monoisotopic (exact) mass is 214 g/mol. The van der Waals surface area contributed by atoms with Crippen LogP contribution in [0.2, 0.25) is 0 Å². The molecule has 16 heavy (non-hydrogen) atoms. The highest BCUT2D eigenvalue weighted by atomic mass is 16.5. The molecule has 1 heteroatoms. The van der Waals surface area contributed by atoms with Crippen molar-refractivity contribution < 1.29 is 4.74 Å². The number of ether oxygens (including phenoxy) is 1. The highest BCUT2D eigenvalue weighted by molar-refractivity contribution is 5.83. The fourth-order valence-corrected chi connectivity index (χ4v) is 1.61. The van der Waals surface area contributed by atoms with Crippen LogP contribution in [0.25, 0.3) is 10.8 Å². The summed E-state index contributed by atoms with van der Waals surface area (Å²) in [6, 6.07) is 14.6. The zero-order valence-corrected chi connectivity index (χ0v) is 9.94. The molecule has 0 bridgehead atoms. The van der Waals surface area contributed by atoms with Gasteiger partial charge in [-0.2, -0.15) is 0 Å². The van der Waals surface area contributed by atoms with E-state index in [9.17, 15) is 0 Å². The second-order valence-corrected chi connectivity index (χ2v) is 4.33. The first-order chi connectivity index (χ1) is 7.79. The van der Waals surface area contributed by atoms with Crippen molar-refractivity contribution in [2.45, 2.75) is 20.3 Å². The van der Waals surface area contributed by atoms with Crippen LogP contribution >= 0.6 is 0 Å². The molecule has 2 aromatic carbocycles. The minimum Gasteiger partial charge on any atom is -0.493 e. The molecular weight excluding hydrogens is 196 g/mol. The number of rotatable bonds is 4. The molecule has 0 spiro atoms. The minimum atomic E-state index is 0.617. The first kappa shape index (κ1) is 11.0. The Morgan fingerprint density at radius 1 is 1.06 bits per heavy atom. The summed E-state index contributed by atoms with van der Waals surface area (Å²) in [4.78, 5) is 0. The van der Waals surface area contributed by atoms with Crippen molar-refractivity contribution in [1.82, 2.24) is 0 Å². The lowest BCUT2D eigenvalue weighted by Gasteiger charge is -2.11. The molecule has 84 valence electrons. The first-order valence-electron chi connectivity index (χ1n) is 5.91. The quantitative estimate of drug-likeness (QED) is 0.738. The van der Waals surface area contributed by atoms with Crippen molar-refractivity contribution in [2.24, 2.45) is 5.92 Å². The Hall–Kier alpha value is -1.50. The highest BCUT2D eigenvalue weighted by Crippen LogP contribution is 2.21. The third-order valence-corrected chi connectivity index (χ3v) is 2.95. The van der Waals surface area contributed by atoms with Crippen molar-refractivity contribution in [3.8, 4) is 5.75 Å². The molecule has 0 aromatic heterocycles. The van der Waals surface area contributed by atoms with Crippen LogP contribution in [0, 0.1) is 5.92 Å². The van der Waals surface area contributed by atoms with E-state index in [-0.39, 0.29) is 0 Å². The van der Waals surface area contributed by atoms with Crippen molar-refractivity contribution >= 4 is 10.8 Å². The number of benzene rings is 2. The van der Waals surface area contributed by atoms with Gasteiger partial charge in [-0.05, 0) is 28.8 Å². The maximum atomic E-state index is 5.77. The van der Waals surface area contributed by atoms with E-state index >= 15 is 0 Å². The molecule has 0 aliphatic heterocycles. The molecule has 0 fully saturated rings. The van der Waals surface area contributed by atoms with Crippen LogP contribution in [-0.2, 0) is 0 Å². The van der Waals surface area contributed by atoms with Crippen LogP contribution in [0.4, 0.5) is 0 Å². The van der Waals surface area contributed by atoms with E-state index in [1.165, 1.54) is 10.8 Å². The Morgan fingerprint density at radius 2 is 1.81 bits per heavy atom. The SMILES string of the molecule is CCC(C)COc1ccc2ccccc2c1. The topological polar surface area (TPSA) is 9.23 Å². The molecule has 1 atom stereocenters. The first-order valence-corrected chi connectivity index (χ1v) is 5.91. The Morgan fingerprint density at radius 3 is 2.56 bits per heavy atom. The minimum absolute atomic E-state index is 0.617. The predicted molar refractivity (Wildman–Crippen MR) is 68.9 cm³/mol. The summed E-state index contributed by atoms with van der Waals surface area (Å²) in [5.74, 6) is 1.59. The van der Waals surface area contributed by atoms with Crippen LogP contribution in [0.15, 0.2) is 42.5 Å². The lowest BCUT2D eigenvalue weighted by atomic mass is 10.1. The van der Waals surface area contributed by atoms with E-state index < -0.39 is 0 Å². The molecule has 2 rings (SSSR count). The molecule has 0 saturated carbocycles. The number of hydrogen-bond donors (Lipinski definition) is 0. The molecule has 0 aliphatic carbocycles. The van der Waals surface area contributed by atoms with Gasteiger partial charge in [0.2, 0.25) is 0 Å². The summed E-state index contributed by atoms with van der Waals surface area (Å²) in [5, 5.41) is 2.50. The number of fused-ring (bicyclic) bond motifs is 1. The average molecular weight is 214 g/mol. The zero-order chi connectivity index (χ0) is 11.4. The summed E-state index contributed by atoms with van der Waals surface area (Å²) in [6.45, 7) is 5.20. The maximum absolute atomic E-state index is 5.77. The molecule has 0 amide bonds. The zero-order valence-electron chi connectivity index (χ0n) is 9.94. The van der Waals surface area contributed by atoms with Crippen molar-refractivity contribution in [2.75, 3.05) is 6.61 Å². The smallest absolute Gasteiger partial charge is 0.119 e. The Labute approximate surface area is 97.1 Å². The fraction of sp³-hybridized carbons (Fsp3) is 0.333. The summed E-state index contributed by atoms with van der Waals surface area (Å²) >= 11 is 0. The summed E-state index contributed by atoms with van der Waals surface area (Å²) in [6.07, 6.45) is 1.16. The molecular formula is C15H18O. The van der Waals surface area contributed by atoms with E-state index in [1.54, 1.807) is 0 Å². The van der Waals surface area contributed by atoms with Crippen LogP contribution in [0.1, 0.15) is 20.3 Å². The highest BCUT2D eigenvalue weighted by Gasteiger charge is 2.01. The predicted octanol–water partition coefficient (Wildman–Crippen LogP) is 4.26. The van der Waals surface area contributed by atoms with E-state index in [1.807, 2.05) is 6.07 Å². The van der Waals surface area contributed by atoms with Crippen molar-refractivity contribution in [3.63, 3.8) is 0 Å². The van der Waals surface area contributed by atoms with E-state index in [2.05, 4.69) is 50.2 Å². The average Bonchev–Trinajstić information content (AvgIpc) is 2.35. The van der Waals surface area contributed by atoms with Gasteiger partial charge in [-0.15, -0.1) is 0 Å². The van der Waals surface area contributed by atoms with Gasteiger partial charge >= 0.3 is 0 Å².